The molecule has 0 aliphatic rings. The lowest BCUT2D eigenvalue weighted by molar-refractivity contribution is -0.106. The van der Waals surface area contributed by atoms with Crippen molar-refractivity contribution in [3.63, 3.8) is 0 Å². The number of hydrogen-bond acceptors (Lipinski definition) is 4. The molecule has 17 heavy (non-hydrogen) atoms. The summed E-state index contributed by atoms with van der Waals surface area (Å²) in [5.74, 6) is 0. The van der Waals surface area contributed by atoms with Crippen LogP contribution in [0.5, 0.6) is 0 Å². The van der Waals surface area contributed by atoms with Crippen LogP contribution in [-0.4, -0.2) is 40.2 Å². The van der Waals surface area contributed by atoms with Gasteiger partial charge in [-0.1, -0.05) is 26.7 Å². The van der Waals surface area contributed by atoms with E-state index in [-0.39, 0.29) is 0 Å². The van der Waals surface area contributed by atoms with Crippen molar-refractivity contribution in [2.24, 2.45) is 5.73 Å². The highest BCUT2D eigenvalue weighted by molar-refractivity contribution is 4.75. The number of aliphatic hydroxyl groups is 2. The molecule has 2 unspecified atom stereocenters. The van der Waals surface area contributed by atoms with Crippen LogP contribution in [0.4, 0.5) is 0 Å². The van der Waals surface area contributed by atoms with Gasteiger partial charge in [0.2, 0.25) is 0 Å². The average Bonchev–Trinajstić information content (AvgIpc) is 2.26. The lowest BCUT2D eigenvalue weighted by Gasteiger charge is -2.37. The summed E-state index contributed by atoms with van der Waals surface area (Å²) in [6, 6.07) is 0. The van der Waals surface area contributed by atoms with Crippen LogP contribution in [0, 0.1) is 0 Å². The van der Waals surface area contributed by atoms with Crippen LogP contribution < -0.4 is 5.73 Å². The fraction of sp³-hybridized carbons (Fsp3) is 1.00. The van der Waals surface area contributed by atoms with Gasteiger partial charge >= 0.3 is 0 Å². The van der Waals surface area contributed by atoms with Crippen molar-refractivity contribution in [2.45, 2.75) is 71.2 Å². The summed E-state index contributed by atoms with van der Waals surface area (Å²) in [6.07, 6.45) is 4.53. The highest BCUT2D eigenvalue weighted by Crippen LogP contribution is 2.20. The monoisotopic (exact) mass is 246 g/mol. The molecule has 0 aliphatic carbocycles. The van der Waals surface area contributed by atoms with Gasteiger partial charge in [0.1, 0.15) is 12.0 Å². The predicted octanol–water partition coefficient (Wildman–Crippen LogP) is 1.65. The Labute approximate surface area is 106 Å². The van der Waals surface area contributed by atoms with Gasteiger partial charge < -0.3 is 15.9 Å². The van der Waals surface area contributed by atoms with Crippen LogP contribution in [0.3, 0.4) is 0 Å². The Morgan fingerprint density at radius 2 is 1.65 bits per heavy atom. The summed E-state index contributed by atoms with van der Waals surface area (Å²) >= 11 is 0. The molecule has 0 radical (unpaired) electrons. The molecule has 0 spiro atoms. The molecule has 0 fully saturated rings. The average molecular weight is 246 g/mol. The van der Waals surface area contributed by atoms with Crippen LogP contribution in [0.1, 0.15) is 59.3 Å². The number of aliphatic hydroxyl groups excluding tert-OH is 1. The molecule has 0 rings (SSSR count). The van der Waals surface area contributed by atoms with Gasteiger partial charge in [0.15, 0.2) is 0 Å². The SMILES string of the molecule is CCCCN(CCCC)C(C)(O)CCC(N)O. The smallest absolute Gasteiger partial charge is 0.115 e. The summed E-state index contributed by atoms with van der Waals surface area (Å²) in [5, 5.41) is 19.5. The quantitative estimate of drug-likeness (QED) is 0.513. The van der Waals surface area contributed by atoms with E-state index >= 15 is 0 Å². The minimum atomic E-state index is -0.856. The molecule has 2 atom stereocenters. The summed E-state index contributed by atoms with van der Waals surface area (Å²) in [5.41, 5.74) is 4.47. The van der Waals surface area contributed by atoms with Crippen molar-refractivity contribution in [3.05, 3.63) is 0 Å². The maximum absolute atomic E-state index is 10.4. The van der Waals surface area contributed by atoms with Gasteiger partial charge in [0.25, 0.3) is 0 Å². The first-order valence-corrected chi connectivity index (χ1v) is 6.85. The van der Waals surface area contributed by atoms with E-state index in [1.807, 2.05) is 6.92 Å². The normalized spacial score (nSPS) is 17.1. The maximum Gasteiger partial charge on any atom is 0.115 e. The highest BCUT2D eigenvalue weighted by Gasteiger charge is 2.28. The van der Waals surface area contributed by atoms with Gasteiger partial charge in [-0.2, -0.15) is 0 Å². The molecule has 0 bridgehead atoms. The number of rotatable bonds is 10. The van der Waals surface area contributed by atoms with Crippen molar-refractivity contribution in [2.75, 3.05) is 13.1 Å². The molecule has 0 aromatic heterocycles. The second-order valence-corrected chi connectivity index (χ2v) is 5.02. The zero-order valence-electron chi connectivity index (χ0n) is 11.7. The van der Waals surface area contributed by atoms with E-state index in [0.29, 0.717) is 12.8 Å². The third-order valence-corrected chi connectivity index (χ3v) is 3.16. The summed E-state index contributed by atoms with van der Waals surface area (Å²) in [6.45, 7) is 7.93. The molecule has 0 aliphatic heterocycles. The minimum absolute atomic E-state index is 0.432. The van der Waals surface area contributed by atoms with Crippen LogP contribution in [0.25, 0.3) is 0 Å². The Kier molecular flexibility index (Phi) is 8.78. The molecule has 104 valence electrons. The van der Waals surface area contributed by atoms with E-state index in [2.05, 4.69) is 18.7 Å². The molecular formula is C13H30N2O2. The Hall–Kier alpha value is -0.160. The van der Waals surface area contributed by atoms with Gasteiger partial charge in [-0.15, -0.1) is 0 Å². The van der Waals surface area contributed by atoms with E-state index in [9.17, 15) is 5.11 Å². The summed E-state index contributed by atoms with van der Waals surface area (Å²) in [4.78, 5) is 2.11. The fourth-order valence-electron chi connectivity index (χ4n) is 1.87. The Morgan fingerprint density at radius 3 is 2.00 bits per heavy atom. The van der Waals surface area contributed by atoms with Gasteiger partial charge in [0, 0.05) is 13.1 Å². The number of nitrogens with two attached hydrogens (primary N) is 1. The topological polar surface area (TPSA) is 69.7 Å². The van der Waals surface area contributed by atoms with Crippen LogP contribution in [0.2, 0.25) is 0 Å². The molecule has 0 saturated heterocycles. The first kappa shape index (κ1) is 16.8. The number of hydrogen-bond donors (Lipinski definition) is 3. The van der Waals surface area contributed by atoms with Crippen LogP contribution in [0.15, 0.2) is 0 Å². The van der Waals surface area contributed by atoms with E-state index in [0.717, 1.165) is 38.8 Å². The molecule has 0 aromatic rings. The molecule has 4 heteroatoms. The first-order chi connectivity index (χ1) is 7.94. The second-order valence-electron chi connectivity index (χ2n) is 5.02. The molecule has 0 saturated carbocycles. The van der Waals surface area contributed by atoms with Gasteiger partial charge in [-0.3, -0.25) is 4.90 Å². The zero-order valence-corrected chi connectivity index (χ0v) is 11.7. The highest BCUT2D eigenvalue weighted by atomic mass is 16.3. The number of nitrogens with zero attached hydrogens (tertiary/aromatic N) is 1. The summed E-state index contributed by atoms with van der Waals surface area (Å²) < 4.78 is 0. The zero-order chi connectivity index (χ0) is 13.3. The molecule has 0 amide bonds. The van der Waals surface area contributed by atoms with Gasteiger partial charge in [0.05, 0.1) is 0 Å². The number of unbranched alkanes of at least 4 members (excludes halogenated alkanes) is 2. The molecule has 4 N–H and O–H groups in total. The lowest BCUT2D eigenvalue weighted by atomic mass is 10.1. The van der Waals surface area contributed by atoms with Crippen molar-refractivity contribution < 1.29 is 10.2 Å². The molecule has 0 aromatic carbocycles. The minimum Gasteiger partial charge on any atom is -0.379 e. The third kappa shape index (κ3) is 7.71. The molecule has 0 heterocycles. The van der Waals surface area contributed by atoms with E-state index < -0.39 is 12.0 Å². The Bertz CT molecular complexity index is 176. The largest absolute Gasteiger partial charge is 0.379 e. The van der Waals surface area contributed by atoms with E-state index in [4.69, 9.17) is 10.8 Å². The van der Waals surface area contributed by atoms with Gasteiger partial charge in [-0.05, 0) is 32.6 Å². The van der Waals surface area contributed by atoms with Crippen molar-refractivity contribution >= 4 is 0 Å². The first-order valence-electron chi connectivity index (χ1n) is 6.85. The van der Waals surface area contributed by atoms with Gasteiger partial charge in [-0.25, -0.2) is 0 Å². The fourth-order valence-corrected chi connectivity index (χ4v) is 1.87. The van der Waals surface area contributed by atoms with Crippen LogP contribution >= 0.6 is 0 Å². The Morgan fingerprint density at radius 1 is 1.18 bits per heavy atom. The predicted molar refractivity (Wildman–Crippen MR) is 71.4 cm³/mol. The van der Waals surface area contributed by atoms with Crippen molar-refractivity contribution in [1.29, 1.82) is 0 Å². The molecule has 4 nitrogen and oxygen atoms in total. The standard InChI is InChI=1S/C13H30N2O2/c1-4-6-10-15(11-7-5-2)13(3,17)9-8-12(14)16/h12,16-17H,4-11,14H2,1-3H3. The summed E-state index contributed by atoms with van der Waals surface area (Å²) in [7, 11) is 0. The van der Waals surface area contributed by atoms with Crippen LogP contribution in [-0.2, 0) is 0 Å². The maximum atomic E-state index is 10.4. The molecular weight excluding hydrogens is 216 g/mol. The second kappa shape index (κ2) is 8.86. The third-order valence-electron chi connectivity index (χ3n) is 3.16. The van der Waals surface area contributed by atoms with E-state index in [1.54, 1.807) is 0 Å². The van der Waals surface area contributed by atoms with Crippen molar-refractivity contribution in [3.8, 4) is 0 Å². The lowest BCUT2D eigenvalue weighted by Crippen LogP contribution is -2.48. The van der Waals surface area contributed by atoms with Crippen molar-refractivity contribution in [1.82, 2.24) is 4.90 Å². The van der Waals surface area contributed by atoms with E-state index in [1.165, 1.54) is 0 Å². The Balaban J connectivity index is 4.28.